The molecule has 7 nitrogen and oxygen atoms in total. The Morgan fingerprint density at radius 3 is 2.85 bits per heavy atom. The minimum Gasteiger partial charge on any atom is -0.378 e. The second kappa shape index (κ2) is 6.87. The number of morpholine rings is 1. The highest BCUT2D eigenvalue weighted by atomic mass is 16.5. The molecule has 2 unspecified atom stereocenters. The third-order valence-corrected chi connectivity index (χ3v) is 6.34. The van der Waals surface area contributed by atoms with Gasteiger partial charge in [0.1, 0.15) is 0 Å². The van der Waals surface area contributed by atoms with E-state index in [0.29, 0.717) is 12.1 Å². The van der Waals surface area contributed by atoms with Crippen LogP contribution in [0.15, 0.2) is 12.4 Å². The Kier molecular flexibility index (Phi) is 4.36. The number of aromatic nitrogens is 4. The molecule has 144 valence electrons. The summed E-state index contributed by atoms with van der Waals surface area (Å²) in [7, 11) is 0. The minimum atomic E-state index is 0.446. The van der Waals surface area contributed by atoms with E-state index in [1.165, 1.54) is 29.7 Å². The number of hydrogen-bond donors (Lipinski definition) is 0. The summed E-state index contributed by atoms with van der Waals surface area (Å²) in [4.78, 5) is 14.6. The van der Waals surface area contributed by atoms with Gasteiger partial charge < -0.3 is 9.64 Å². The molecule has 0 saturated carbocycles. The van der Waals surface area contributed by atoms with Crippen LogP contribution < -0.4 is 4.90 Å². The first kappa shape index (κ1) is 17.1. The molecule has 0 aliphatic carbocycles. The fourth-order valence-corrected chi connectivity index (χ4v) is 4.80. The third-order valence-electron chi connectivity index (χ3n) is 6.34. The van der Waals surface area contributed by atoms with Crippen molar-refractivity contribution >= 4 is 5.95 Å². The van der Waals surface area contributed by atoms with E-state index in [1.807, 2.05) is 4.68 Å². The average Bonchev–Trinajstić information content (AvgIpc) is 3.20. The first-order chi connectivity index (χ1) is 13.2. The molecule has 3 aliphatic rings. The predicted molar refractivity (Wildman–Crippen MR) is 103 cm³/mol. The molecule has 2 atom stereocenters. The standard InChI is InChI=1S/C20H28N6O/c1-3-25-12-15(14(2)23-25)13-26-16-4-5-19(26)17-11-21-20(22-18(17)10-16)24-6-8-27-9-7-24/h11-12,16,19H,3-10,13H2,1-2H3. The molecule has 2 aromatic rings. The van der Waals surface area contributed by atoms with Crippen molar-refractivity contribution in [1.82, 2.24) is 24.6 Å². The zero-order valence-corrected chi connectivity index (χ0v) is 16.3. The molecule has 2 saturated heterocycles. The maximum absolute atomic E-state index is 5.46. The maximum atomic E-state index is 5.46. The van der Waals surface area contributed by atoms with Crippen LogP contribution in [-0.2, 0) is 24.2 Å². The van der Waals surface area contributed by atoms with Gasteiger partial charge in [-0.3, -0.25) is 9.58 Å². The smallest absolute Gasteiger partial charge is 0.225 e. The monoisotopic (exact) mass is 368 g/mol. The van der Waals surface area contributed by atoms with Gasteiger partial charge in [-0.2, -0.15) is 5.10 Å². The highest BCUT2D eigenvalue weighted by Crippen LogP contribution is 2.44. The normalized spacial score (nSPS) is 25.0. The van der Waals surface area contributed by atoms with Gasteiger partial charge in [-0.05, 0) is 26.7 Å². The predicted octanol–water partition coefficient (Wildman–Crippen LogP) is 2.10. The van der Waals surface area contributed by atoms with Crippen molar-refractivity contribution in [3.05, 3.63) is 34.9 Å². The van der Waals surface area contributed by atoms with Crippen LogP contribution in [0.5, 0.6) is 0 Å². The zero-order valence-electron chi connectivity index (χ0n) is 16.3. The number of rotatable bonds is 4. The van der Waals surface area contributed by atoms with Crippen LogP contribution in [0.4, 0.5) is 5.95 Å². The summed E-state index contributed by atoms with van der Waals surface area (Å²) in [5, 5.41) is 4.62. The molecule has 2 aromatic heterocycles. The summed E-state index contributed by atoms with van der Waals surface area (Å²) in [6, 6.07) is 1.03. The lowest BCUT2D eigenvalue weighted by molar-refractivity contribution is 0.122. The summed E-state index contributed by atoms with van der Waals surface area (Å²) in [5.41, 5.74) is 5.10. The Morgan fingerprint density at radius 1 is 1.22 bits per heavy atom. The number of nitrogens with zero attached hydrogens (tertiary/aromatic N) is 6. The van der Waals surface area contributed by atoms with Gasteiger partial charge >= 0.3 is 0 Å². The SMILES string of the molecule is CCn1cc(CN2C3CCC2c2cnc(N4CCOCC4)nc2C3)c(C)n1. The lowest BCUT2D eigenvalue weighted by Gasteiger charge is -2.36. The van der Waals surface area contributed by atoms with E-state index >= 15 is 0 Å². The molecular weight excluding hydrogens is 340 g/mol. The van der Waals surface area contributed by atoms with Crippen molar-refractivity contribution in [2.75, 3.05) is 31.2 Å². The number of hydrogen-bond acceptors (Lipinski definition) is 6. The molecule has 0 radical (unpaired) electrons. The molecule has 0 spiro atoms. The second-order valence-electron chi connectivity index (χ2n) is 7.89. The quantitative estimate of drug-likeness (QED) is 0.824. The van der Waals surface area contributed by atoms with Crippen molar-refractivity contribution in [3.8, 4) is 0 Å². The molecule has 7 heteroatoms. The Hall–Kier alpha value is -1.99. The highest BCUT2D eigenvalue weighted by Gasteiger charge is 2.41. The third kappa shape index (κ3) is 3.02. The average molecular weight is 368 g/mol. The summed E-state index contributed by atoms with van der Waals surface area (Å²) >= 11 is 0. The molecule has 0 N–H and O–H groups in total. The van der Waals surface area contributed by atoms with Crippen LogP contribution >= 0.6 is 0 Å². The molecule has 0 aromatic carbocycles. The number of anilines is 1. The Labute approximate surface area is 160 Å². The summed E-state index contributed by atoms with van der Waals surface area (Å²) in [5.74, 6) is 0.880. The van der Waals surface area contributed by atoms with Crippen molar-refractivity contribution in [2.45, 2.75) is 58.3 Å². The van der Waals surface area contributed by atoms with E-state index < -0.39 is 0 Å². The van der Waals surface area contributed by atoms with E-state index in [-0.39, 0.29) is 0 Å². The largest absolute Gasteiger partial charge is 0.378 e. The maximum Gasteiger partial charge on any atom is 0.225 e. The molecule has 0 amide bonds. The summed E-state index contributed by atoms with van der Waals surface area (Å²) in [6.45, 7) is 9.48. The van der Waals surface area contributed by atoms with Gasteiger partial charge in [-0.1, -0.05) is 0 Å². The molecule has 5 rings (SSSR count). The van der Waals surface area contributed by atoms with Crippen LogP contribution in [0.25, 0.3) is 0 Å². The number of fused-ring (bicyclic) bond motifs is 4. The fourth-order valence-electron chi connectivity index (χ4n) is 4.80. The molecule has 5 heterocycles. The summed E-state index contributed by atoms with van der Waals surface area (Å²) < 4.78 is 7.50. The van der Waals surface area contributed by atoms with Crippen molar-refractivity contribution < 1.29 is 4.74 Å². The molecule has 27 heavy (non-hydrogen) atoms. The van der Waals surface area contributed by atoms with Crippen LogP contribution in [0, 0.1) is 6.92 Å². The van der Waals surface area contributed by atoms with Gasteiger partial charge in [0.15, 0.2) is 0 Å². The van der Waals surface area contributed by atoms with Gasteiger partial charge in [-0.25, -0.2) is 9.97 Å². The van der Waals surface area contributed by atoms with Crippen molar-refractivity contribution in [2.24, 2.45) is 0 Å². The molecule has 2 fully saturated rings. The van der Waals surface area contributed by atoms with Gasteiger partial charge in [0.25, 0.3) is 0 Å². The van der Waals surface area contributed by atoms with E-state index in [9.17, 15) is 0 Å². The molecule has 2 bridgehead atoms. The van der Waals surface area contributed by atoms with Crippen LogP contribution in [0.1, 0.15) is 48.3 Å². The van der Waals surface area contributed by atoms with Gasteiger partial charge in [0, 0.05) is 68.2 Å². The zero-order chi connectivity index (χ0) is 18.4. The first-order valence-electron chi connectivity index (χ1n) is 10.2. The van der Waals surface area contributed by atoms with Crippen molar-refractivity contribution in [1.29, 1.82) is 0 Å². The van der Waals surface area contributed by atoms with Gasteiger partial charge in [0.05, 0.1) is 24.6 Å². The van der Waals surface area contributed by atoms with Gasteiger partial charge in [-0.15, -0.1) is 0 Å². The Bertz CT molecular complexity index is 828. The first-order valence-corrected chi connectivity index (χ1v) is 10.2. The van der Waals surface area contributed by atoms with E-state index in [1.54, 1.807) is 0 Å². The lowest BCUT2D eigenvalue weighted by Crippen LogP contribution is -2.40. The van der Waals surface area contributed by atoms with Crippen molar-refractivity contribution in [3.63, 3.8) is 0 Å². The number of ether oxygens (including phenoxy) is 1. The molecular formula is C20H28N6O. The lowest BCUT2D eigenvalue weighted by atomic mass is 9.98. The van der Waals surface area contributed by atoms with E-state index in [2.05, 4.69) is 41.1 Å². The topological polar surface area (TPSA) is 59.3 Å². The van der Waals surface area contributed by atoms with E-state index in [0.717, 1.165) is 57.5 Å². The summed E-state index contributed by atoms with van der Waals surface area (Å²) in [6.07, 6.45) is 7.79. The van der Waals surface area contributed by atoms with Crippen LogP contribution in [0.2, 0.25) is 0 Å². The van der Waals surface area contributed by atoms with Gasteiger partial charge in [0.2, 0.25) is 5.95 Å². The highest BCUT2D eigenvalue weighted by molar-refractivity contribution is 5.37. The number of aryl methyl sites for hydroxylation is 2. The fraction of sp³-hybridized carbons (Fsp3) is 0.650. The minimum absolute atomic E-state index is 0.446. The Morgan fingerprint density at radius 2 is 2.07 bits per heavy atom. The van der Waals surface area contributed by atoms with Crippen LogP contribution in [-0.4, -0.2) is 57.0 Å². The second-order valence-corrected chi connectivity index (χ2v) is 7.89. The Balaban J connectivity index is 1.39. The molecule has 3 aliphatic heterocycles. The van der Waals surface area contributed by atoms with Crippen LogP contribution in [0.3, 0.4) is 0 Å². The van der Waals surface area contributed by atoms with E-state index in [4.69, 9.17) is 14.7 Å².